The predicted octanol–water partition coefficient (Wildman–Crippen LogP) is 3.56. The van der Waals surface area contributed by atoms with E-state index in [-0.39, 0.29) is 18.1 Å². The number of nitrogens with one attached hydrogen (secondary N) is 2. The summed E-state index contributed by atoms with van der Waals surface area (Å²) in [5.74, 6) is -1.87. The number of benzene rings is 1. The van der Waals surface area contributed by atoms with E-state index in [2.05, 4.69) is 10.6 Å². The first kappa shape index (κ1) is 22.5. The molecule has 2 amide bonds. The summed E-state index contributed by atoms with van der Waals surface area (Å²) in [4.78, 5) is 49.2. The van der Waals surface area contributed by atoms with Crippen LogP contribution < -0.4 is 10.6 Å². The van der Waals surface area contributed by atoms with Crippen molar-refractivity contribution in [3.05, 3.63) is 45.8 Å². The molecule has 164 valence electrons. The van der Waals surface area contributed by atoms with Crippen molar-refractivity contribution in [1.29, 1.82) is 0 Å². The molecule has 1 heterocycles. The Morgan fingerprint density at radius 1 is 0.968 bits per heavy atom. The van der Waals surface area contributed by atoms with Crippen LogP contribution in [0, 0.1) is 0 Å². The number of fused-ring (bicyclic) bond motifs is 1. The second-order valence-electron chi connectivity index (χ2n) is 7.02. The van der Waals surface area contributed by atoms with Gasteiger partial charge in [0, 0.05) is 17.5 Å². The summed E-state index contributed by atoms with van der Waals surface area (Å²) in [7, 11) is 0. The minimum absolute atomic E-state index is 0.218. The second kappa shape index (κ2) is 10.2. The van der Waals surface area contributed by atoms with Gasteiger partial charge in [0.2, 0.25) is 5.91 Å². The van der Waals surface area contributed by atoms with E-state index in [0.29, 0.717) is 16.3 Å². The van der Waals surface area contributed by atoms with E-state index in [0.717, 1.165) is 36.1 Å². The van der Waals surface area contributed by atoms with Gasteiger partial charge in [-0.3, -0.25) is 9.59 Å². The molecule has 0 aliphatic heterocycles. The summed E-state index contributed by atoms with van der Waals surface area (Å²) in [6.07, 6.45) is 3.68. The van der Waals surface area contributed by atoms with E-state index < -0.39 is 24.5 Å². The number of aryl methyl sites for hydroxylation is 1. The number of rotatable bonds is 7. The van der Waals surface area contributed by atoms with Gasteiger partial charge >= 0.3 is 11.9 Å². The average molecular weight is 445 g/mol. The molecule has 1 aliphatic carbocycles. The molecule has 0 saturated carbocycles. The van der Waals surface area contributed by atoms with Gasteiger partial charge in [-0.05, 0) is 62.4 Å². The van der Waals surface area contributed by atoms with E-state index in [1.165, 1.54) is 30.4 Å². The molecule has 1 aliphatic rings. The van der Waals surface area contributed by atoms with Crippen LogP contribution in [0.1, 0.15) is 57.8 Å². The molecule has 9 heteroatoms. The minimum Gasteiger partial charge on any atom is -0.462 e. The van der Waals surface area contributed by atoms with Crippen LogP contribution in [0.3, 0.4) is 0 Å². The molecule has 0 radical (unpaired) electrons. The maximum atomic E-state index is 12.4. The molecule has 1 aromatic carbocycles. The Bertz CT molecular complexity index is 996. The Kier molecular flexibility index (Phi) is 7.41. The summed E-state index contributed by atoms with van der Waals surface area (Å²) in [6, 6.07) is 6.13. The lowest BCUT2D eigenvalue weighted by molar-refractivity contribution is -0.119. The molecule has 0 saturated heterocycles. The maximum absolute atomic E-state index is 12.4. The Hall–Kier alpha value is -3.20. The monoisotopic (exact) mass is 444 g/mol. The first-order chi connectivity index (χ1) is 14.9. The highest BCUT2D eigenvalue weighted by Crippen LogP contribution is 2.38. The zero-order valence-corrected chi connectivity index (χ0v) is 18.2. The molecule has 0 atom stereocenters. The molecule has 2 aromatic rings. The van der Waals surface area contributed by atoms with Gasteiger partial charge in [-0.2, -0.15) is 0 Å². The lowest BCUT2D eigenvalue weighted by Crippen LogP contribution is -2.22. The fourth-order valence-corrected chi connectivity index (χ4v) is 4.64. The smallest absolute Gasteiger partial charge is 0.341 e. The highest BCUT2D eigenvalue weighted by atomic mass is 32.1. The summed E-state index contributed by atoms with van der Waals surface area (Å²) < 4.78 is 10.3. The topological polar surface area (TPSA) is 111 Å². The van der Waals surface area contributed by atoms with Crippen molar-refractivity contribution in [3.8, 4) is 0 Å². The van der Waals surface area contributed by atoms with Crippen LogP contribution in [0.25, 0.3) is 0 Å². The van der Waals surface area contributed by atoms with Gasteiger partial charge in [0.25, 0.3) is 5.91 Å². The Balaban J connectivity index is 1.63. The van der Waals surface area contributed by atoms with E-state index in [1.54, 1.807) is 19.1 Å². The van der Waals surface area contributed by atoms with Crippen molar-refractivity contribution in [3.63, 3.8) is 0 Å². The van der Waals surface area contributed by atoms with Crippen molar-refractivity contribution in [2.24, 2.45) is 0 Å². The second-order valence-corrected chi connectivity index (χ2v) is 8.12. The first-order valence-electron chi connectivity index (χ1n) is 10.0. The largest absolute Gasteiger partial charge is 0.462 e. The first-order valence-corrected chi connectivity index (χ1v) is 10.9. The lowest BCUT2D eigenvalue weighted by Gasteiger charge is -2.12. The molecular formula is C22H24N2O6S. The Morgan fingerprint density at radius 2 is 1.68 bits per heavy atom. The van der Waals surface area contributed by atoms with E-state index in [1.807, 2.05) is 0 Å². The number of esters is 2. The van der Waals surface area contributed by atoms with Crippen LogP contribution in [0.5, 0.6) is 0 Å². The van der Waals surface area contributed by atoms with Crippen molar-refractivity contribution < 1.29 is 28.7 Å². The molecule has 2 N–H and O–H groups in total. The number of carbonyl (C=O) groups excluding carboxylic acids is 4. The van der Waals surface area contributed by atoms with Crippen LogP contribution in [0.2, 0.25) is 0 Å². The fourth-order valence-electron chi connectivity index (χ4n) is 3.34. The van der Waals surface area contributed by atoms with Crippen molar-refractivity contribution in [1.82, 2.24) is 0 Å². The van der Waals surface area contributed by atoms with Gasteiger partial charge in [0.1, 0.15) is 5.00 Å². The number of thiophene rings is 1. The van der Waals surface area contributed by atoms with Gasteiger partial charge in [-0.1, -0.05) is 0 Å². The van der Waals surface area contributed by atoms with Crippen LogP contribution >= 0.6 is 11.3 Å². The molecule has 0 spiro atoms. The van der Waals surface area contributed by atoms with Crippen molar-refractivity contribution in [2.75, 3.05) is 23.8 Å². The Morgan fingerprint density at radius 3 is 2.35 bits per heavy atom. The third-order valence-corrected chi connectivity index (χ3v) is 5.89. The average Bonchev–Trinajstić information content (AvgIpc) is 3.10. The fraction of sp³-hybridized carbons (Fsp3) is 0.364. The predicted molar refractivity (Wildman–Crippen MR) is 117 cm³/mol. The molecule has 1 aromatic heterocycles. The number of hydrogen-bond acceptors (Lipinski definition) is 7. The molecule has 8 nitrogen and oxygen atoms in total. The van der Waals surface area contributed by atoms with Gasteiger partial charge in [-0.15, -0.1) is 11.3 Å². The molecule has 0 fully saturated rings. The normalized spacial score (nSPS) is 12.5. The maximum Gasteiger partial charge on any atom is 0.341 e. The van der Waals surface area contributed by atoms with Gasteiger partial charge in [-0.25, -0.2) is 9.59 Å². The number of anilines is 2. The molecular weight excluding hydrogens is 420 g/mol. The van der Waals surface area contributed by atoms with E-state index in [9.17, 15) is 19.2 Å². The van der Waals surface area contributed by atoms with Gasteiger partial charge in [0.15, 0.2) is 6.61 Å². The lowest BCUT2D eigenvalue weighted by atomic mass is 9.95. The standard InChI is InChI=1S/C22H24N2O6S/c1-3-29-22(28)19-16-6-4-5-7-17(16)31-20(19)24-18(26)12-30-21(27)14-8-10-15(11-9-14)23-13(2)25/h8-11H,3-7,12H2,1-2H3,(H,23,25)(H,24,26). The molecule has 31 heavy (non-hydrogen) atoms. The molecule has 3 rings (SSSR count). The van der Waals surface area contributed by atoms with Crippen molar-refractivity contribution in [2.45, 2.75) is 39.5 Å². The summed E-state index contributed by atoms with van der Waals surface area (Å²) in [5, 5.41) is 5.74. The molecule has 0 unspecified atom stereocenters. The van der Waals surface area contributed by atoms with Crippen molar-refractivity contribution >= 4 is 45.8 Å². The highest BCUT2D eigenvalue weighted by molar-refractivity contribution is 7.17. The van der Waals surface area contributed by atoms with E-state index >= 15 is 0 Å². The summed E-state index contributed by atoms with van der Waals surface area (Å²) in [6.45, 7) is 2.88. The number of hydrogen-bond donors (Lipinski definition) is 2. The van der Waals surface area contributed by atoms with Crippen LogP contribution in [-0.4, -0.2) is 37.0 Å². The summed E-state index contributed by atoms with van der Waals surface area (Å²) in [5.41, 5.74) is 2.16. The zero-order chi connectivity index (χ0) is 22.4. The number of ether oxygens (including phenoxy) is 2. The van der Waals surface area contributed by atoms with Crippen LogP contribution in [0.15, 0.2) is 24.3 Å². The van der Waals surface area contributed by atoms with Gasteiger partial charge < -0.3 is 20.1 Å². The quantitative estimate of drug-likeness (QED) is 0.632. The minimum atomic E-state index is -0.666. The third-order valence-electron chi connectivity index (χ3n) is 4.68. The number of amides is 2. The van der Waals surface area contributed by atoms with Gasteiger partial charge in [0.05, 0.1) is 17.7 Å². The SMILES string of the molecule is CCOC(=O)c1c(NC(=O)COC(=O)c2ccc(NC(C)=O)cc2)sc2c1CCCC2. The summed E-state index contributed by atoms with van der Waals surface area (Å²) >= 11 is 1.37. The Labute approximate surface area is 183 Å². The zero-order valence-electron chi connectivity index (χ0n) is 17.4. The van der Waals surface area contributed by atoms with Crippen LogP contribution in [0.4, 0.5) is 10.7 Å². The number of carbonyl (C=O) groups is 4. The molecule has 0 bridgehead atoms. The van der Waals surface area contributed by atoms with E-state index in [4.69, 9.17) is 9.47 Å². The highest BCUT2D eigenvalue weighted by Gasteiger charge is 2.27. The van der Waals surface area contributed by atoms with Crippen LogP contribution in [-0.2, 0) is 31.9 Å². The third kappa shape index (κ3) is 5.69.